The van der Waals surface area contributed by atoms with Crippen molar-refractivity contribution in [3.63, 3.8) is 0 Å². The molecule has 0 aliphatic carbocycles. The molecule has 25 heavy (non-hydrogen) atoms. The number of hydrogen-bond donors (Lipinski definition) is 2. The minimum absolute atomic E-state index is 0.170. The molecule has 2 N–H and O–H groups in total. The van der Waals surface area contributed by atoms with Gasteiger partial charge in [0.15, 0.2) is 11.5 Å². The molecule has 0 spiro atoms. The van der Waals surface area contributed by atoms with Gasteiger partial charge in [-0.3, -0.25) is 4.79 Å². The van der Waals surface area contributed by atoms with Crippen LogP contribution in [-0.2, 0) is 13.0 Å². The number of carbonyl (C=O) groups is 1. The van der Waals surface area contributed by atoms with E-state index in [4.69, 9.17) is 23.2 Å². The predicted molar refractivity (Wildman–Crippen MR) is 104 cm³/mol. The first-order chi connectivity index (χ1) is 12.0. The number of aromatic nitrogens is 2. The van der Waals surface area contributed by atoms with E-state index in [1.165, 1.54) is 0 Å². The first kappa shape index (κ1) is 19.6. The third-order valence-corrected chi connectivity index (χ3v) is 4.52. The molecule has 2 rings (SSSR count). The van der Waals surface area contributed by atoms with Crippen LogP contribution in [0.2, 0.25) is 10.0 Å². The molecule has 2 aromatic rings. The van der Waals surface area contributed by atoms with E-state index in [-0.39, 0.29) is 5.91 Å². The maximum Gasteiger partial charge on any atom is 0.271 e. The second kappa shape index (κ2) is 9.11. The van der Waals surface area contributed by atoms with Gasteiger partial charge in [-0.25, -0.2) is 4.98 Å². The molecule has 0 aliphatic rings. The average Bonchev–Trinajstić information content (AvgIpc) is 2.94. The Balaban J connectivity index is 2.43. The first-order valence-corrected chi connectivity index (χ1v) is 9.30. The van der Waals surface area contributed by atoms with Crippen LogP contribution < -0.4 is 10.6 Å². The van der Waals surface area contributed by atoms with Crippen molar-refractivity contribution in [3.05, 3.63) is 39.8 Å². The maximum absolute atomic E-state index is 12.5. The van der Waals surface area contributed by atoms with Crippen LogP contribution in [0, 0.1) is 0 Å². The van der Waals surface area contributed by atoms with Gasteiger partial charge in [-0.2, -0.15) is 0 Å². The minimum atomic E-state index is -0.170. The van der Waals surface area contributed by atoms with Gasteiger partial charge in [0.1, 0.15) is 5.82 Å². The van der Waals surface area contributed by atoms with E-state index in [1.807, 2.05) is 11.5 Å². The Morgan fingerprint density at radius 1 is 1.24 bits per heavy atom. The normalized spacial score (nSPS) is 10.8. The second-order valence-electron chi connectivity index (χ2n) is 5.77. The Kier molecular flexibility index (Phi) is 7.14. The Hall–Kier alpha value is -1.72. The van der Waals surface area contributed by atoms with Crippen LogP contribution in [0.1, 0.15) is 49.4 Å². The van der Waals surface area contributed by atoms with Crippen molar-refractivity contribution in [2.75, 3.05) is 12.4 Å². The Morgan fingerprint density at radius 2 is 2.00 bits per heavy atom. The number of imidazole rings is 1. The summed E-state index contributed by atoms with van der Waals surface area (Å²) in [6.07, 6.45) is 3.98. The van der Waals surface area contributed by atoms with Crippen molar-refractivity contribution >= 4 is 40.6 Å². The minimum Gasteiger partial charge on any atom is -0.354 e. The molecule has 1 heterocycles. The van der Waals surface area contributed by atoms with Crippen molar-refractivity contribution in [2.45, 2.75) is 46.1 Å². The molecule has 1 amide bonds. The number of anilines is 2. The summed E-state index contributed by atoms with van der Waals surface area (Å²) in [6.45, 7) is 4.96. The van der Waals surface area contributed by atoms with Crippen molar-refractivity contribution in [2.24, 2.45) is 0 Å². The number of unbranched alkanes of at least 4 members (excludes halogenated alkanes) is 2. The number of hydrogen-bond acceptors (Lipinski definition) is 3. The molecule has 0 radical (unpaired) electrons. The van der Waals surface area contributed by atoms with E-state index in [1.54, 1.807) is 25.2 Å². The highest BCUT2D eigenvalue weighted by Gasteiger charge is 2.22. The Morgan fingerprint density at radius 3 is 2.60 bits per heavy atom. The number of nitrogens with one attached hydrogen (secondary N) is 2. The van der Waals surface area contributed by atoms with Crippen LogP contribution in [0.25, 0.3) is 0 Å². The van der Waals surface area contributed by atoms with Gasteiger partial charge >= 0.3 is 0 Å². The fraction of sp³-hybridized carbons (Fsp3) is 0.444. The molecule has 5 nitrogen and oxygen atoms in total. The molecule has 1 aromatic carbocycles. The van der Waals surface area contributed by atoms with Crippen LogP contribution in [-0.4, -0.2) is 22.5 Å². The quantitative estimate of drug-likeness (QED) is 0.628. The summed E-state index contributed by atoms with van der Waals surface area (Å²) in [4.78, 5) is 17.1. The predicted octanol–water partition coefficient (Wildman–Crippen LogP) is 5.05. The molecule has 0 atom stereocenters. The summed E-state index contributed by atoms with van der Waals surface area (Å²) in [5.74, 6) is 1.22. The largest absolute Gasteiger partial charge is 0.354 e. The third-order valence-electron chi connectivity index (χ3n) is 3.97. The molecule has 136 valence electrons. The molecule has 0 saturated carbocycles. The molecule has 0 aliphatic heterocycles. The van der Waals surface area contributed by atoms with E-state index >= 15 is 0 Å². The monoisotopic (exact) mass is 382 g/mol. The van der Waals surface area contributed by atoms with Gasteiger partial charge in [-0.1, -0.05) is 49.9 Å². The zero-order valence-corrected chi connectivity index (χ0v) is 16.3. The van der Waals surface area contributed by atoms with Crippen LogP contribution >= 0.6 is 23.2 Å². The van der Waals surface area contributed by atoms with Crippen LogP contribution in [0.15, 0.2) is 18.2 Å². The van der Waals surface area contributed by atoms with Crippen molar-refractivity contribution in [1.82, 2.24) is 14.9 Å². The third kappa shape index (κ3) is 4.67. The summed E-state index contributed by atoms with van der Waals surface area (Å²) >= 11 is 12.2. The smallest absolute Gasteiger partial charge is 0.271 e. The van der Waals surface area contributed by atoms with Gasteiger partial charge < -0.3 is 15.2 Å². The molecule has 0 fully saturated rings. The van der Waals surface area contributed by atoms with Gasteiger partial charge in [-0.15, -0.1) is 0 Å². The Labute approximate surface area is 158 Å². The number of benzene rings is 1. The molecule has 0 bridgehead atoms. The molecule has 0 unspecified atom stereocenters. The van der Waals surface area contributed by atoms with Crippen LogP contribution in [0.5, 0.6) is 0 Å². The van der Waals surface area contributed by atoms with Gasteiger partial charge in [0.05, 0.1) is 10.7 Å². The van der Waals surface area contributed by atoms with E-state index in [2.05, 4.69) is 22.5 Å². The van der Waals surface area contributed by atoms with Crippen molar-refractivity contribution in [1.29, 1.82) is 0 Å². The fourth-order valence-corrected chi connectivity index (χ4v) is 3.14. The SMILES string of the molecule is CCCCCn1c(CC)nc(Nc2ccc(Cl)cc2Cl)c1C(=O)NC. The maximum atomic E-state index is 12.5. The molecular formula is C18H24Cl2N4O. The summed E-state index contributed by atoms with van der Waals surface area (Å²) in [5.41, 5.74) is 1.19. The Bertz CT molecular complexity index is 743. The number of carbonyl (C=O) groups excluding carboxylic acids is 1. The van der Waals surface area contributed by atoms with Crippen molar-refractivity contribution < 1.29 is 4.79 Å². The number of nitrogens with zero attached hydrogens (tertiary/aromatic N) is 2. The van der Waals surface area contributed by atoms with E-state index in [0.717, 1.165) is 38.1 Å². The lowest BCUT2D eigenvalue weighted by atomic mass is 10.2. The highest BCUT2D eigenvalue weighted by molar-refractivity contribution is 6.36. The number of rotatable bonds is 8. The van der Waals surface area contributed by atoms with Gasteiger partial charge in [0, 0.05) is 25.0 Å². The van der Waals surface area contributed by atoms with Gasteiger partial charge in [0.25, 0.3) is 5.91 Å². The van der Waals surface area contributed by atoms with E-state index in [0.29, 0.717) is 27.2 Å². The van der Waals surface area contributed by atoms with Crippen LogP contribution in [0.4, 0.5) is 11.5 Å². The molecular weight excluding hydrogens is 359 g/mol. The van der Waals surface area contributed by atoms with Gasteiger partial charge in [-0.05, 0) is 24.6 Å². The molecule has 1 aromatic heterocycles. The standard InChI is InChI=1S/C18H24Cl2N4O/c1-4-6-7-10-24-15(5-2)23-17(16(24)18(25)21-3)22-14-9-8-12(19)11-13(14)20/h8-9,11,22H,4-7,10H2,1-3H3,(H,21,25). The highest BCUT2D eigenvalue weighted by atomic mass is 35.5. The lowest BCUT2D eigenvalue weighted by Crippen LogP contribution is -2.23. The topological polar surface area (TPSA) is 59.0 Å². The molecule has 7 heteroatoms. The highest BCUT2D eigenvalue weighted by Crippen LogP contribution is 2.30. The fourth-order valence-electron chi connectivity index (χ4n) is 2.68. The van der Waals surface area contributed by atoms with E-state index < -0.39 is 0 Å². The van der Waals surface area contributed by atoms with Crippen LogP contribution in [0.3, 0.4) is 0 Å². The molecule has 0 saturated heterocycles. The number of aryl methyl sites for hydroxylation is 1. The van der Waals surface area contributed by atoms with Gasteiger partial charge in [0.2, 0.25) is 0 Å². The number of amides is 1. The average molecular weight is 383 g/mol. The lowest BCUT2D eigenvalue weighted by Gasteiger charge is -2.12. The summed E-state index contributed by atoms with van der Waals surface area (Å²) < 4.78 is 2.00. The summed E-state index contributed by atoms with van der Waals surface area (Å²) in [6, 6.07) is 5.18. The zero-order chi connectivity index (χ0) is 18.4. The summed E-state index contributed by atoms with van der Waals surface area (Å²) in [7, 11) is 1.62. The first-order valence-electron chi connectivity index (χ1n) is 8.55. The lowest BCUT2D eigenvalue weighted by molar-refractivity contribution is 0.0954. The summed E-state index contributed by atoms with van der Waals surface area (Å²) in [5, 5.41) is 6.93. The zero-order valence-electron chi connectivity index (χ0n) is 14.8. The van der Waals surface area contributed by atoms with E-state index in [9.17, 15) is 4.79 Å². The second-order valence-corrected chi connectivity index (χ2v) is 6.61. The van der Waals surface area contributed by atoms with Crippen molar-refractivity contribution in [3.8, 4) is 0 Å². The number of halogens is 2.